The second-order valence-electron chi connectivity index (χ2n) is 15.2. The summed E-state index contributed by atoms with van der Waals surface area (Å²) in [7, 11) is 0. The molecular formula is C37H56N6O6. The molecule has 5 aliphatic heterocycles. The summed E-state index contributed by atoms with van der Waals surface area (Å²) in [6, 6.07) is 3.38. The van der Waals surface area contributed by atoms with E-state index in [9.17, 15) is 20.1 Å². The molecule has 0 aromatic heterocycles. The van der Waals surface area contributed by atoms with Crippen molar-refractivity contribution in [3.8, 4) is 23.3 Å². The molecule has 270 valence electrons. The number of nitrogens with two attached hydrogens (primary N) is 1. The highest BCUT2D eigenvalue weighted by Crippen LogP contribution is 2.37. The number of nitrogens with zero attached hydrogens (tertiary/aromatic N) is 3. The highest BCUT2D eigenvalue weighted by atomic mass is 16.5. The van der Waals surface area contributed by atoms with Crippen molar-refractivity contribution < 1.29 is 29.6 Å². The third-order valence-electron chi connectivity index (χ3n) is 11.2. The number of hydrogen-bond donors (Lipinski definition) is 6. The van der Waals surface area contributed by atoms with Gasteiger partial charge in [-0.15, -0.1) is 5.92 Å². The number of piperidine rings is 3. The van der Waals surface area contributed by atoms with Crippen molar-refractivity contribution >= 4 is 11.9 Å². The number of phenols is 1. The normalized spacial score (nSPS) is 34.3. The molecule has 1 aromatic carbocycles. The van der Waals surface area contributed by atoms with Gasteiger partial charge in [0, 0.05) is 58.4 Å². The molecule has 3 saturated heterocycles. The molecule has 7 N–H and O–H groups in total. The summed E-state index contributed by atoms with van der Waals surface area (Å²) in [6.45, 7) is 9.18. The third-order valence-corrected chi connectivity index (χ3v) is 11.2. The molecule has 8 atom stereocenters. The second-order valence-corrected chi connectivity index (χ2v) is 15.2. The molecule has 5 heterocycles. The number of nitrogens with one attached hydrogen (secondary N) is 2. The van der Waals surface area contributed by atoms with Crippen LogP contribution < -0.4 is 21.1 Å². The van der Waals surface area contributed by atoms with Crippen LogP contribution in [0, 0.1) is 35.0 Å². The first-order chi connectivity index (χ1) is 23.7. The van der Waals surface area contributed by atoms with Crippen LogP contribution >= 0.6 is 0 Å². The molecule has 7 rings (SSSR count). The lowest BCUT2D eigenvalue weighted by atomic mass is 9.76. The molecule has 1 spiro atoms. The van der Waals surface area contributed by atoms with Crippen LogP contribution in [0.25, 0.3) is 0 Å². The Kier molecular flexibility index (Phi) is 11.9. The Morgan fingerprint density at radius 3 is 2.57 bits per heavy atom. The van der Waals surface area contributed by atoms with Crippen LogP contribution in [0.2, 0.25) is 0 Å². The van der Waals surface area contributed by atoms with E-state index in [2.05, 4.69) is 37.3 Å². The lowest BCUT2D eigenvalue weighted by Gasteiger charge is -2.46. The SMILES string of the molecule is CC(=O)O[C@H]1C[C@@H](O)CC[C@]2(C#CC[C@H]1Cc1cc(OC3CCNCC3)c(O)cc1CO)CCN1C[C@H]3C[C@@H](C1)CN(CN=C(N)NC2)C3. The van der Waals surface area contributed by atoms with E-state index in [0.29, 0.717) is 68.0 Å². The number of ether oxygens (including phenoxy) is 2. The lowest BCUT2D eigenvalue weighted by molar-refractivity contribution is -0.151. The molecular weight excluding hydrogens is 624 g/mol. The van der Waals surface area contributed by atoms with E-state index in [1.165, 1.54) is 13.3 Å². The van der Waals surface area contributed by atoms with Gasteiger partial charge < -0.3 is 46.1 Å². The number of carbonyl (C=O) groups excluding carboxylic acids is 1. The topological polar surface area (TPSA) is 165 Å². The minimum Gasteiger partial charge on any atom is -0.504 e. The largest absolute Gasteiger partial charge is 0.504 e. The van der Waals surface area contributed by atoms with Crippen LogP contribution in [0.4, 0.5) is 0 Å². The zero-order chi connectivity index (χ0) is 34.4. The molecule has 2 unspecified atom stereocenters. The first-order valence-corrected chi connectivity index (χ1v) is 18.3. The Balaban J connectivity index is 1.28. The molecule has 4 bridgehead atoms. The van der Waals surface area contributed by atoms with Gasteiger partial charge in [-0.05, 0) is 99.7 Å². The van der Waals surface area contributed by atoms with Gasteiger partial charge in [0.15, 0.2) is 17.5 Å². The van der Waals surface area contributed by atoms with Crippen LogP contribution in [0.1, 0.15) is 69.4 Å². The van der Waals surface area contributed by atoms with Crippen molar-refractivity contribution in [1.29, 1.82) is 0 Å². The Morgan fingerprint density at radius 2 is 1.84 bits per heavy atom. The number of aromatic hydroxyl groups is 1. The summed E-state index contributed by atoms with van der Waals surface area (Å²) in [5.41, 5.74) is 7.35. The van der Waals surface area contributed by atoms with Gasteiger partial charge in [0.2, 0.25) is 0 Å². The van der Waals surface area contributed by atoms with Crippen molar-refractivity contribution in [2.75, 3.05) is 59.0 Å². The van der Waals surface area contributed by atoms with Crippen molar-refractivity contribution in [2.24, 2.45) is 33.9 Å². The third kappa shape index (κ3) is 9.58. The summed E-state index contributed by atoms with van der Waals surface area (Å²) in [6.07, 6.45) is 4.84. The summed E-state index contributed by atoms with van der Waals surface area (Å²) in [4.78, 5) is 22.1. The number of aliphatic hydroxyl groups is 2. The number of fused-ring (bicyclic) bond motifs is 4. The average molecular weight is 681 g/mol. The summed E-state index contributed by atoms with van der Waals surface area (Å²) >= 11 is 0. The number of carbonyl (C=O) groups is 1. The highest BCUT2D eigenvalue weighted by Gasteiger charge is 2.37. The maximum Gasteiger partial charge on any atom is 0.302 e. The van der Waals surface area contributed by atoms with Crippen LogP contribution in [-0.2, 0) is 22.6 Å². The summed E-state index contributed by atoms with van der Waals surface area (Å²) < 4.78 is 12.1. The Bertz CT molecular complexity index is 1380. The van der Waals surface area contributed by atoms with Crippen molar-refractivity contribution in [3.05, 3.63) is 23.3 Å². The number of benzene rings is 1. The van der Waals surface area contributed by atoms with Crippen LogP contribution in [0.15, 0.2) is 17.1 Å². The van der Waals surface area contributed by atoms with Crippen molar-refractivity contribution in [2.45, 2.75) is 89.6 Å². The standard InChI is InChI=1S/C37H56N6O6/c1-25(45)48-34-17-31(46)4-8-37(9-12-42-18-26-13-27(19-42)21-43(20-26)24-41-36(38)40-23-37)7-2-3-28(34)14-29-16-35(33(47)15-30(29)22-44)49-32-5-10-39-11-6-32/h15-16,26-28,31-32,34,39,44,46-47H,3-6,8-14,17-24H2,1H3,(H3,38,40,41)/t26-,27+,28-,31-,34-,37+/m0/s1. The first kappa shape index (κ1) is 35.7. The molecule has 0 saturated carbocycles. The zero-order valence-electron chi connectivity index (χ0n) is 29.0. The first-order valence-electron chi connectivity index (χ1n) is 18.3. The van der Waals surface area contributed by atoms with E-state index in [1.54, 1.807) is 6.07 Å². The molecule has 3 fully saturated rings. The number of hydrogen-bond acceptors (Lipinski definition) is 12. The molecule has 0 radical (unpaired) electrons. The molecule has 12 nitrogen and oxygen atoms in total. The fraction of sp³-hybridized carbons (Fsp3) is 0.730. The maximum absolute atomic E-state index is 12.3. The number of rotatable bonds is 6. The number of guanidine groups is 1. The van der Waals surface area contributed by atoms with Gasteiger partial charge in [0.05, 0.1) is 24.8 Å². The van der Waals surface area contributed by atoms with Gasteiger partial charge in [-0.2, -0.15) is 0 Å². The molecule has 12 heteroatoms. The Morgan fingerprint density at radius 1 is 1.08 bits per heavy atom. The van der Waals surface area contributed by atoms with Crippen LogP contribution in [-0.4, -0.2) is 114 Å². The number of phenolic OH excluding ortho intramolecular Hbond substituents is 1. The van der Waals surface area contributed by atoms with E-state index in [1.807, 2.05) is 6.07 Å². The minimum absolute atomic E-state index is 0.00563. The van der Waals surface area contributed by atoms with Gasteiger partial charge in [-0.3, -0.25) is 9.69 Å². The fourth-order valence-electron chi connectivity index (χ4n) is 8.67. The predicted octanol–water partition coefficient (Wildman–Crippen LogP) is 1.55. The monoisotopic (exact) mass is 680 g/mol. The maximum atomic E-state index is 12.3. The molecule has 1 aromatic rings. The van der Waals surface area contributed by atoms with Gasteiger partial charge in [-0.25, -0.2) is 4.99 Å². The average Bonchev–Trinajstić information content (AvgIpc) is 3.08. The van der Waals surface area contributed by atoms with Gasteiger partial charge in [0.25, 0.3) is 0 Å². The minimum atomic E-state index is -0.699. The second kappa shape index (κ2) is 16.3. The highest BCUT2D eigenvalue weighted by molar-refractivity contribution is 5.77. The Hall–Kier alpha value is -3.08. The van der Waals surface area contributed by atoms with Crippen molar-refractivity contribution in [3.63, 3.8) is 0 Å². The predicted molar refractivity (Wildman–Crippen MR) is 187 cm³/mol. The van der Waals surface area contributed by atoms with Gasteiger partial charge in [0.1, 0.15) is 12.2 Å². The molecule has 0 amide bonds. The molecule has 49 heavy (non-hydrogen) atoms. The van der Waals surface area contributed by atoms with Gasteiger partial charge >= 0.3 is 5.97 Å². The summed E-state index contributed by atoms with van der Waals surface area (Å²) in [5.74, 6) is 8.60. The van der Waals surface area contributed by atoms with E-state index in [0.717, 1.165) is 70.6 Å². The molecule has 1 aliphatic carbocycles. The van der Waals surface area contributed by atoms with Crippen LogP contribution in [0.3, 0.4) is 0 Å². The lowest BCUT2D eigenvalue weighted by Crippen LogP contribution is -2.53. The van der Waals surface area contributed by atoms with Gasteiger partial charge in [-0.1, -0.05) is 5.92 Å². The number of aliphatic imine (C=N–C) groups is 1. The zero-order valence-corrected chi connectivity index (χ0v) is 29.0. The van der Waals surface area contributed by atoms with E-state index >= 15 is 0 Å². The molecule has 6 aliphatic rings. The van der Waals surface area contributed by atoms with E-state index < -0.39 is 23.6 Å². The van der Waals surface area contributed by atoms with E-state index in [4.69, 9.17) is 15.2 Å². The van der Waals surface area contributed by atoms with E-state index in [-0.39, 0.29) is 30.8 Å². The smallest absolute Gasteiger partial charge is 0.302 e. The summed E-state index contributed by atoms with van der Waals surface area (Å²) in [5, 5.41) is 39.2. The quantitative estimate of drug-likeness (QED) is 0.191. The number of esters is 1. The van der Waals surface area contributed by atoms with Crippen molar-refractivity contribution in [1.82, 2.24) is 20.4 Å². The Labute approximate surface area is 290 Å². The fourth-order valence-corrected chi connectivity index (χ4v) is 8.67. The van der Waals surface area contributed by atoms with Crippen LogP contribution in [0.5, 0.6) is 11.5 Å². The number of aliphatic hydroxyl groups excluding tert-OH is 2.